The van der Waals surface area contributed by atoms with E-state index in [1.165, 1.54) is 0 Å². The predicted octanol–water partition coefficient (Wildman–Crippen LogP) is 1.78. The van der Waals surface area contributed by atoms with Gasteiger partial charge in [0.25, 0.3) is 0 Å². The standard InChI is InChI=1S/C6H6NOS2/c9-10-7-5-3-1-2-4-6(5)8-10/h1-4,7,9H/q+1. The van der Waals surface area contributed by atoms with Crippen LogP contribution in [-0.2, 0) is 10.4 Å². The second-order valence-corrected chi connectivity index (χ2v) is 3.79. The molecule has 4 heteroatoms. The van der Waals surface area contributed by atoms with Crippen molar-refractivity contribution in [3.8, 4) is 5.75 Å². The highest BCUT2D eigenvalue weighted by atomic mass is 33.1. The molecule has 0 fully saturated rings. The van der Waals surface area contributed by atoms with E-state index in [9.17, 15) is 0 Å². The molecule has 1 aliphatic rings. The van der Waals surface area contributed by atoms with Crippen LogP contribution in [-0.4, -0.2) is 0 Å². The fourth-order valence-electron chi connectivity index (χ4n) is 0.824. The lowest BCUT2D eigenvalue weighted by atomic mass is 10.3. The SMILES string of the molecule is S[S+]1Nc2ccccc2O1. The first-order chi connectivity index (χ1) is 4.86. The number of benzene rings is 1. The Balaban J connectivity index is 2.42. The molecule has 1 unspecified atom stereocenters. The minimum Gasteiger partial charge on any atom is -0.242 e. The van der Waals surface area contributed by atoms with Crippen LogP contribution in [0.15, 0.2) is 24.3 Å². The number of fused-ring (bicyclic) bond motifs is 1. The van der Waals surface area contributed by atoms with Crippen molar-refractivity contribution in [3.05, 3.63) is 24.3 Å². The van der Waals surface area contributed by atoms with Crippen molar-refractivity contribution in [3.63, 3.8) is 0 Å². The van der Waals surface area contributed by atoms with Crippen LogP contribution in [0.1, 0.15) is 0 Å². The van der Waals surface area contributed by atoms with Gasteiger partial charge in [-0.05, 0) is 12.1 Å². The lowest BCUT2D eigenvalue weighted by molar-refractivity contribution is 0.658. The summed E-state index contributed by atoms with van der Waals surface area (Å²) in [7, 11) is -0.425. The van der Waals surface area contributed by atoms with Crippen LogP contribution < -0.4 is 8.91 Å². The van der Waals surface area contributed by atoms with Gasteiger partial charge in [0.1, 0.15) is 5.69 Å². The Morgan fingerprint density at radius 3 is 3.00 bits per heavy atom. The van der Waals surface area contributed by atoms with Gasteiger partial charge < -0.3 is 0 Å². The molecule has 0 radical (unpaired) electrons. The molecule has 10 heavy (non-hydrogen) atoms. The molecule has 1 N–H and O–H groups in total. The van der Waals surface area contributed by atoms with Crippen LogP contribution in [0.25, 0.3) is 0 Å². The zero-order valence-corrected chi connectivity index (χ0v) is 6.78. The van der Waals surface area contributed by atoms with Crippen molar-refractivity contribution >= 4 is 27.7 Å². The van der Waals surface area contributed by atoms with Gasteiger partial charge in [-0.3, -0.25) is 0 Å². The molecule has 0 saturated carbocycles. The van der Waals surface area contributed by atoms with E-state index >= 15 is 0 Å². The zero-order valence-electron chi connectivity index (χ0n) is 5.07. The molecular formula is C6H6NOS2+. The van der Waals surface area contributed by atoms with Gasteiger partial charge in [0, 0.05) is 0 Å². The summed E-state index contributed by atoms with van der Waals surface area (Å²) >= 11 is 4.13. The van der Waals surface area contributed by atoms with Crippen molar-refractivity contribution in [2.75, 3.05) is 4.72 Å². The van der Waals surface area contributed by atoms with E-state index in [1.807, 2.05) is 24.3 Å². The molecule has 52 valence electrons. The second-order valence-electron chi connectivity index (χ2n) is 1.93. The molecule has 1 heterocycles. The summed E-state index contributed by atoms with van der Waals surface area (Å²) in [4.78, 5) is 0. The molecule has 1 aromatic carbocycles. The van der Waals surface area contributed by atoms with Crippen LogP contribution >= 0.6 is 11.7 Å². The molecule has 1 aromatic rings. The third-order valence-electron chi connectivity index (χ3n) is 1.25. The summed E-state index contributed by atoms with van der Waals surface area (Å²) < 4.78 is 8.35. The van der Waals surface area contributed by atoms with E-state index in [1.54, 1.807) is 0 Å². The molecule has 1 aliphatic heterocycles. The fourth-order valence-corrected chi connectivity index (χ4v) is 2.07. The molecule has 0 saturated heterocycles. The Bertz CT molecular complexity index is 228. The molecule has 2 nitrogen and oxygen atoms in total. The van der Waals surface area contributed by atoms with Crippen LogP contribution in [0.4, 0.5) is 5.69 Å². The zero-order chi connectivity index (χ0) is 6.97. The van der Waals surface area contributed by atoms with Gasteiger partial charge in [-0.25, -0.2) is 4.18 Å². The van der Waals surface area contributed by atoms with Gasteiger partial charge in [0.15, 0.2) is 11.7 Å². The first kappa shape index (κ1) is 6.24. The maximum atomic E-state index is 5.29. The number of nitrogens with one attached hydrogen (secondary N) is 1. The number of hydrogen-bond donors (Lipinski definition) is 2. The smallest absolute Gasteiger partial charge is 0.242 e. The van der Waals surface area contributed by atoms with Crippen LogP contribution in [0, 0.1) is 0 Å². The van der Waals surface area contributed by atoms with Crippen molar-refractivity contribution in [2.45, 2.75) is 0 Å². The van der Waals surface area contributed by atoms with E-state index < -0.39 is 10.4 Å². The molecule has 0 spiro atoms. The lowest BCUT2D eigenvalue weighted by Crippen LogP contribution is -2.02. The molecule has 0 aliphatic carbocycles. The van der Waals surface area contributed by atoms with E-state index in [4.69, 9.17) is 4.18 Å². The van der Waals surface area contributed by atoms with Crippen molar-refractivity contribution < 1.29 is 4.18 Å². The normalized spacial score (nSPS) is 21.1. The third kappa shape index (κ3) is 0.932. The third-order valence-corrected chi connectivity index (χ3v) is 2.48. The summed E-state index contributed by atoms with van der Waals surface area (Å²) in [6.07, 6.45) is 0. The Morgan fingerprint density at radius 1 is 1.40 bits per heavy atom. The summed E-state index contributed by atoms with van der Waals surface area (Å²) in [6, 6.07) is 7.80. The van der Waals surface area contributed by atoms with Gasteiger partial charge in [-0.15, -0.1) is 0 Å². The van der Waals surface area contributed by atoms with Crippen LogP contribution in [0.2, 0.25) is 0 Å². The minimum atomic E-state index is -0.425. The van der Waals surface area contributed by atoms with E-state index in [0.717, 1.165) is 11.4 Å². The molecular weight excluding hydrogens is 166 g/mol. The Kier molecular flexibility index (Phi) is 1.43. The fraction of sp³-hybridized carbons (Fsp3) is 0. The van der Waals surface area contributed by atoms with E-state index in [0.29, 0.717) is 0 Å². The largest absolute Gasteiger partial charge is 0.387 e. The molecule has 0 bridgehead atoms. The van der Waals surface area contributed by atoms with Gasteiger partial charge in [-0.2, -0.15) is 4.72 Å². The average Bonchev–Trinajstić information content (AvgIpc) is 2.27. The van der Waals surface area contributed by atoms with Gasteiger partial charge in [0.05, 0.1) is 0 Å². The van der Waals surface area contributed by atoms with Crippen LogP contribution in [0.3, 0.4) is 0 Å². The highest BCUT2D eigenvalue weighted by Gasteiger charge is 2.29. The number of rotatable bonds is 0. The van der Waals surface area contributed by atoms with E-state index in [2.05, 4.69) is 16.4 Å². The molecule has 2 rings (SSSR count). The topological polar surface area (TPSA) is 21.3 Å². The van der Waals surface area contributed by atoms with Crippen molar-refractivity contribution in [1.29, 1.82) is 0 Å². The Hall–Kier alpha value is -0.480. The number of hydrogen-bond acceptors (Lipinski definition) is 3. The van der Waals surface area contributed by atoms with Gasteiger partial charge >= 0.3 is 10.4 Å². The number of para-hydroxylation sites is 2. The second kappa shape index (κ2) is 2.29. The Morgan fingerprint density at radius 2 is 2.20 bits per heavy atom. The lowest BCUT2D eigenvalue weighted by Gasteiger charge is -1.84. The first-order valence-electron chi connectivity index (χ1n) is 2.83. The van der Waals surface area contributed by atoms with Gasteiger partial charge in [0.2, 0.25) is 5.75 Å². The maximum absolute atomic E-state index is 5.29. The van der Waals surface area contributed by atoms with Crippen molar-refractivity contribution in [2.24, 2.45) is 0 Å². The van der Waals surface area contributed by atoms with Crippen LogP contribution in [0.5, 0.6) is 5.75 Å². The molecule has 0 amide bonds. The van der Waals surface area contributed by atoms with E-state index in [-0.39, 0.29) is 0 Å². The first-order valence-corrected chi connectivity index (χ1v) is 5.04. The Labute approximate surface area is 67.1 Å². The molecule has 0 aromatic heterocycles. The number of thiol groups is 1. The summed E-state index contributed by atoms with van der Waals surface area (Å²) in [5.74, 6) is 0.890. The summed E-state index contributed by atoms with van der Waals surface area (Å²) in [5.41, 5.74) is 1.03. The highest BCUT2D eigenvalue weighted by Crippen LogP contribution is 2.33. The monoisotopic (exact) mass is 172 g/mol. The number of anilines is 1. The summed E-state index contributed by atoms with van der Waals surface area (Å²) in [6.45, 7) is 0. The molecule has 1 atom stereocenters. The average molecular weight is 172 g/mol. The predicted molar refractivity (Wildman–Crippen MR) is 47.0 cm³/mol. The minimum absolute atomic E-state index is 0.425. The highest BCUT2D eigenvalue weighted by molar-refractivity contribution is 8.64. The van der Waals surface area contributed by atoms with Gasteiger partial charge in [-0.1, -0.05) is 12.1 Å². The quantitative estimate of drug-likeness (QED) is 0.353. The summed E-state index contributed by atoms with van der Waals surface area (Å²) in [5, 5.41) is 0. The van der Waals surface area contributed by atoms with Crippen molar-refractivity contribution in [1.82, 2.24) is 0 Å². The maximum Gasteiger partial charge on any atom is 0.387 e.